The molecule has 2 unspecified atom stereocenters. The van der Waals surface area contributed by atoms with Gasteiger partial charge in [-0.2, -0.15) is 0 Å². The van der Waals surface area contributed by atoms with Gasteiger partial charge in [-0.3, -0.25) is 4.79 Å². The maximum atomic E-state index is 12.1. The minimum absolute atomic E-state index is 0.0459. The van der Waals surface area contributed by atoms with Crippen LogP contribution in [-0.4, -0.2) is 11.9 Å². The van der Waals surface area contributed by atoms with Gasteiger partial charge in [0.2, 0.25) is 5.91 Å². The van der Waals surface area contributed by atoms with E-state index in [1.807, 2.05) is 54.8 Å². The van der Waals surface area contributed by atoms with Crippen molar-refractivity contribution in [1.82, 2.24) is 5.32 Å². The molecular formula is C16H20N2OS. The van der Waals surface area contributed by atoms with E-state index in [9.17, 15) is 4.79 Å². The second kappa shape index (κ2) is 7.22. The van der Waals surface area contributed by atoms with Gasteiger partial charge in [-0.1, -0.05) is 36.4 Å². The molecule has 0 aliphatic carbocycles. The molecule has 0 bridgehead atoms. The second-order valence-corrected chi connectivity index (χ2v) is 5.92. The van der Waals surface area contributed by atoms with Gasteiger partial charge >= 0.3 is 0 Å². The van der Waals surface area contributed by atoms with Crippen molar-refractivity contribution in [3.63, 3.8) is 0 Å². The minimum atomic E-state index is -0.0724. The van der Waals surface area contributed by atoms with Gasteiger partial charge in [-0.15, -0.1) is 11.3 Å². The van der Waals surface area contributed by atoms with Crippen LogP contribution in [0.3, 0.4) is 0 Å². The highest BCUT2D eigenvalue weighted by atomic mass is 32.1. The van der Waals surface area contributed by atoms with Gasteiger partial charge in [0.15, 0.2) is 0 Å². The van der Waals surface area contributed by atoms with Crippen LogP contribution in [-0.2, 0) is 4.79 Å². The summed E-state index contributed by atoms with van der Waals surface area (Å²) in [6.07, 6.45) is 1.17. The second-order valence-electron chi connectivity index (χ2n) is 4.94. The molecule has 2 rings (SSSR count). The lowest BCUT2D eigenvalue weighted by Gasteiger charge is -2.18. The summed E-state index contributed by atoms with van der Waals surface area (Å²) < 4.78 is 0. The SMILES string of the molecule is CC(N)CCC(=O)NC(c1ccccc1)c1cccs1. The zero-order valence-electron chi connectivity index (χ0n) is 11.6. The predicted octanol–water partition coefficient (Wildman–Crippen LogP) is 3.08. The Morgan fingerprint density at radius 1 is 1.25 bits per heavy atom. The first kappa shape index (κ1) is 14.8. The summed E-state index contributed by atoms with van der Waals surface area (Å²) in [5.41, 5.74) is 6.80. The molecule has 0 radical (unpaired) electrons. The van der Waals surface area contributed by atoms with E-state index in [0.29, 0.717) is 12.8 Å². The maximum Gasteiger partial charge on any atom is 0.220 e. The Bertz CT molecular complexity index is 523. The Labute approximate surface area is 123 Å². The van der Waals surface area contributed by atoms with Crippen LogP contribution >= 0.6 is 11.3 Å². The fraction of sp³-hybridized carbons (Fsp3) is 0.312. The minimum Gasteiger partial charge on any atom is -0.344 e. The van der Waals surface area contributed by atoms with E-state index in [4.69, 9.17) is 5.73 Å². The van der Waals surface area contributed by atoms with E-state index in [1.165, 1.54) is 0 Å². The lowest BCUT2D eigenvalue weighted by molar-refractivity contribution is -0.121. The first-order valence-electron chi connectivity index (χ1n) is 6.80. The van der Waals surface area contributed by atoms with Crippen LogP contribution in [0.4, 0.5) is 0 Å². The van der Waals surface area contributed by atoms with Crippen molar-refractivity contribution in [2.75, 3.05) is 0 Å². The number of nitrogens with two attached hydrogens (primary N) is 1. The Balaban J connectivity index is 2.10. The molecule has 4 heteroatoms. The smallest absolute Gasteiger partial charge is 0.220 e. The molecule has 2 aromatic rings. The monoisotopic (exact) mass is 288 g/mol. The fourth-order valence-electron chi connectivity index (χ4n) is 2.01. The van der Waals surface area contributed by atoms with E-state index in [1.54, 1.807) is 11.3 Å². The van der Waals surface area contributed by atoms with Crippen molar-refractivity contribution >= 4 is 17.2 Å². The molecule has 1 aromatic carbocycles. The molecule has 3 nitrogen and oxygen atoms in total. The van der Waals surface area contributed by atoms with Crippen molar-refractivity contribution in [1.29, 1.82) is 0 Å². The summed E-state index contributed by atoms with van der Waals surface area (Å²) in [4.78, 5) is 13.2. The van der Waals surface area contributed by atoms with Gasteiger partial charge in [0.05, 0.1) is 6.04 Å². The van der Waals surface area contributed by atoms with E-state index in [-0.39, 0.29) is 18.0 Å². The molecule has 0 saturated carbocycles. The quantitative estimate of drug-likeness (QED) is 0.858. The first-order chi connectivity index (χ1) is 9.66. The highest BCUT2D eigenvalue weighted by Crippen LogP contribution is 2.26. The lowest BCUT2D eigenvalue weighted by Crippen LogP contribution is -2.30. The fourth-order valence-corrected chi connectivity index (χ4v) is 2.81. The molecule has 0 saturated heterocycles. The molecule has 3 N–H and O–H groups in total. The Kier molecular flexibility index (Phi) is 5.32. The zero-order chi connectivity index (χ0) is 14.4. The summed E-state index contributed by atoms with van der Waals surface area (Å²) >= 11 is 1.65. The number of hydrogen-bond acceptors (Lipinski definition) is 3. The molecule has 1 amide bonds. The van der Waals surface area contributed by atoms with E-state index >= 15 is 0 Å². The van der Waals surface area contributed by atoms with E-state index in [0.717, 1.165) is 10.4 Å². The molecule has 1 heterocycles. The van der Waals surface area contributed by atoms with Crippen LogP contribution in [0.25, 0.3) is 0 Å². The standard InChI is InChI=1S/C16H20N2OS/c1-12(17)9-10-15(19)18-16(14-8-5-11-20-14)13-6-3-2-4-7-13/h2-8,11-12,16H,9-10,17H2,1H3,(H,18,19). The van der Waals surface area contributed by atoms with Gasteiger partial charge in [0.1, 0.15) is 0 Å². The van der Waals surface area contributed by atoms with Gasteiger partial charge in [-0.25, -0.2) is 0 Å². The van der Waals surface area contributed by atoms with Crippen molar-refractivity contribution in [3.8, 4) is 0 Å². The largest absolute Gasteiger partial charge is 0.344 e. The molecule has 20 heavy (non-hydrogen) atoms. The highest BCUT2D eigenvalue weighted by Gasteiger charge is 2.17. The van der Waals surface area contributed by atoms with Crippen molar-refractivity contribution in [3.05, 3.63) is 58.3 Å². The van der Waals surface area contributed by atoms with Crippen molar-refractivity contribution < 1.29 is 4.79 Å². The van der Waals surface area contributed by atoms with E-state index < -0.39 is 0 Å². The summed E-state index contributed by atoms with van der Waals surface area (Å²) in [5, 5.41) is 5.13. The summed E-state index contributed by atoms with van der Waals surface area (Å²) in [6, 6.07) is 14.1. The van der Waals surface area contributed by atoms with Crippen molar-refractivity contribution in [2.45, 2.75) is 31.8 Å². The average molecular weight is 288 g/mol. The third-order valence-corrected chi connectivity index (χ3v) is 4.03. The molecule has 0 fully saturated rings. The van der Waals surface area contributed by atoms with Gasteiger partial charge in [0, 0.05) is 17.3 Å². The number of amides is 1. The normalized spacial score (nSPS) is 13.7. The molecule has 1 aromatic heterocycles. The topological polar surface area (TPSA) is 55.1 Å². The lowest BCUT2D eigenvalue weighted by atomic mass is 10.0. The predicted molar refractivity (Wildman–Crippen MR) is 83.6 cm³/mol. The maximum absolute atomic E-state index is 12.1. The van der Waals surface area contributed by atoms with Gasteiger partial charge in [0.25, 0.3) is 0 Å². The van der Waals surface area contributed by atoms with Crippen molar-refractivity contribution in [2.24, 2.45) is 5.73 Å². The number of rotatable bonds is 6. The van der Waals surface area contributed by atoms with Crippen LogP contribution in [0.5, 0.6) is 0 Å². The van der Waals surface area contributed by atoms with Gasteiger partial charge in [-0.05, 0) is 30.4 Å². The van der Waals surface area contributed by atoms with Crippen LogP contribution in [0, 0.1) is 0 Å². The molecule has 0 aliphatic heterocycles. The average Bonchev–Trinajstić information content (AvgIpc) is 2.97. The molecule has 0 spiro atoms. The summed E-state index contributed by atoms with van der Waals surface area (Å²) in [7, 11) is 0. The molecule has 2 atom stereocenters. The summed E-state index contributed by atoms with van der Waals surface area (Å²) in [6.45, 7) is 1.92. The first-order valence-corrected chi connectivity index (χ1v) is 7.68. The number of hydrogen-bond donors (Lipinski definition) is 2. The summed E-state index contributed by atoms with van der Waals surface area (Å²) in [5.74, 6) is 0.0459. The zero-order valence-corrected chi connectivity index (χ0v) is 12.4. The van der Waals surface area contributed by atoms with E-state index in [2.05, 4.69) is 5.32 Å². The van der Waals surface area contributed by atoms with Crippen LogP contribution in [0.1, 0.15) is 36.2 Å². The Hall–Kier alpha value is -1.65. The van der Waals surface area contributed by atoms with Crippen LogP contribution in [0.2, 0.25) is 0 Å². The number of benzene rings is 1. The van der Waals surface area contributed by atoms with Crippen LogP contribution < -0.4 is 11.1 Å². The number of carbonyl (C=O) groups is 1. The van der Waals surface area contributed by atoms with Gasteiger partial charge < -0.3 is 11.1 Å². The third-order valence-electron chi connectivity index (χ3n) is 3.09. The number of thiophene rings is 1. The molecule has 0 aliphatic rings. The Morgan fingerprint density at radius 2 is 2.00 bits per heavy atom. The third kappa shape index (κ3) is 4.18. The Morgan fingerprint density at radius 3 is 2.60 bits per heavy atom. The number of carbonyl (C=O) groups excluding carboxylic acids is 1. The molecule has 106 valence electrons. The number of nitrogens with one attached hydrogen (secondary N) is 1. The highest BCUT2D eigenvalue weighted by molar-refractivity contribution is 7.10. The van der Waals surface area contributed by atoms with Crippen LogP contribution in [0.15, 0.2) is 47.8 Å². The molecular weight excluding hydrogens is 268 g/mol.